The predicted octanol–water partition coefficient (Wildman–Crippen LogP) is 0.686. The minimum atomic E-state index is -0.857. The van der Waals surface area contributed by atoms with Gasteiger partial charge in [-0.25, -0.2) is 0 Å². The van der Waals surface area contributed by atoms with Crippen LogP contribution in [-0.4, -0.2) is 33.6 Å². The summed E-state index contributed by atoms with van der Waals surface area (Å²) in [4.78, 5) is 0. The smallest absolute Gasteiger partial charge is 0.113 e. The molecule has 2 fully saturated rings. The number of rotatable bonds is 0. The van der Waals surface area contributed by atoms with Crippen LogP contribution in [0.3, 0.4) is 0 Å². The Kier molecular flexibility index (Phi) is 1.79. The van der Waals surface area contributed by atoms with E-state index >= 15 is 0 Å². The molecule has 1 aliphatic carbocycles. The molecule has 76 valence electrons. The number of aliphatic hydroxyl groups is 2. The van der Waals surface area contributed by atoms with E-state index < -0.39 is 17.8 Å². The van der Waals surface area contributed by atoms with Crippen LogP contribution < -0.4 is 0 Å². The molecule has 2 rings (SSSR count). The summed E-state index contributed by atoms with van der Waals surface area (Å²) < 4.78 is 5.70. The molecule has 0 aromatic rings. The fraction of sp³-hybridized carbons (Fsp3) is 1.00. The van der Waals surface area contributed by atoms with Gasteiger partial charge in [0.05, 0.1) is 17.3 Å². The van der Waals surface area contributed by atoms with Crippen molar-refractivity contribution in [2.45, 2.75) is 57.0 Å². The summed E-state index contributed by atoms with van der Waals surface area (Å²) in [5, 5.41) is 19.9. The summed E-state index contributed by atoms with van der Waals surface area (Å²) in [6.07, 6.45) is 0.667. The zero-order valence-electron chi connectivity index (χ0n) is 8.45. The van der Waals surface area contributed by atoms with Gasteiger partial charge in [-0.1, -0.05) is 0 Å². The fourth-order valence-corrected chi connectivity index (χ4v) is 2.71. The van der Waals surface area contributed by atoms with Crippen molar-refractivity contribution in [3.05, 3.63) is 0 Å². The van der Waals surface area contributed by atoms with Crippen LogP contribution in [0.15, 0.2) is 0 Å². The van der Waals surface area contributed by atoms with Crippen molar-refractivity contribution in [2.75, 3.05) is 0 Å². The van der Waals surface area contributed by atoms with Gasteiger partial charge in [0, 0.05) is 5.92 Å². The van der Waals surface area contributed by atoms with Crippen molar-refractivity contribution in [2.24, 2.45) is 5.92 Å². The van der Waals surface area contributed by atoms with E-state index in [4.69, 9.17) is 4.74 Å². The van der Waals surface area contributed by atoms with Crippen LogP contribution in [0.1, 0.15) is 33.6 Å². The summed E-state index contributed by atoms with van der Waals surface area (Å²) in [6.45, 7) is 5.73. The predicted molar refractivity (Wildman–Crippen MR) is 48.3 cm³/mol. The van der Waals surface area contributed by atoms with Gasteiger partial charge in [-0.05, 0) is 33.6 Å². The van der Waals surface area contributed by atoms with Crippen LogP contribution in [0, 0.1) is 5.92 Å². The Morgan fingerprint density at radius 2 is 1.92 bits per heavy atom. The first-order valence-corrected chi connectivity index (χ1v) is 4.93. The number of hydrogen-bond acceptors (Lipinski definition) is 3. The highest BCUT2D eigenvalue weighted by Crippen LogP contribution is 2.48. The van der Waals surface area contributed by atoms with Crippen LogP contribution in [0.25, 0.3) is 0 Å². The molecule has 1 heterocycles. The van der Waals surface area contributed by atoms with E-state index in [0.717, 1.165) is 12.8 Å². The Bertz CT molecular complexity index is 220. The first-order chi connectivity index (χ1) is 5.84. The molecule has 2 aliphatic rings. The molecule has 13 heavy (non-hydrogen) atoms. The second-order valence-corrected chi connectivity index (χ2v) is 5.13. The third-order valence-corrected chi connectivity index (χ3v) is 3.62. The second kappa shape index (κ2) is 2.47. The highest BCUT2D eigenvalue weighted by molar-refractivity contribution is 5.07. The molecule has 0 radical (unpaired) electrons. The van der Waals surface area contributed by atoms with Gasteiger partial charge in [-0.15, -0.1) is 0 Å². The maximum Gasteiger partial charge on any atom is 0.113 e. The SMILES string of the molecule is CC1(O)CCC2C(O)C1OC2(C)C. The van der Waals surface area contributed by atoms with Gasteiger partial charge < -0.3 is 14.9 Å². The molecule has 0 amide bonds. The topological polar surface area (TPSA) is 49.7 Å². The minimum Gasteiger partial charge on any atom is -0.390 e. The van der Waals surface area contributed by atoms with E-state index in [1.54, 1.807) is 6.92 Å². The van der Waals surface area contributed by atoms with Crippen molar-refractivity contribution in [1.82, 2.24) is 0 Å². The van der Waals surface area contributed by atoms with Gasteiger partial charge in [0.15, 0.2) is 0 Å². The maximum atomic E-state index is 9.98. The Labute approximate surface area is 78.7 Å². The van der Waals surface area contributed by atoms with Gasteiger partial charge in [0.25, 0.3) is 0 Å². The van der Waals surface area contributed by atoms with E-state index in [2.05, 4.69) is 0 Å². The van der Waals surface area contributed by atoms with Gasteiger partial charge in [0.1, 0.15) is 6.10 Å². The number of aliphatic hydroxyl groups excluding tert-OH is 1. The Morgan fingerprint density at radius 3 is 2.46 bits per heavy atom. The average molecular weight is 186 g/mol. The molecule has 0 spiro atoms. The van der Waals surface area contributed by atoms with Crippen molar-refractivity contribution in [3.63, 3.8) is 0 Å². The first kappa shape index (κ1) is 9.44. The molecule has 0 aromatic heterocycles. The summed E-state index contributed by atoms with van der Waals surface area (Å²) in [5.41, 5.74) is -1.14. The molecular formula is C10H18O3. The molecule has 3 nitrogen and oxygen atoms in total. The van der Waals surface area contributed by atoms with Crippen LogP contribution in [-0.2, 0) is 4.74 Å². The highest BCUT2D eigenvalue weighted by Gasteiger charge is 2.58. The third-order valence-electron chi connectivity index (χ3n) is 3.62. The fourth-order valence-electron chi connectivity index (χ4n) is 2.71. The Hall–Kier alpha value is -0.120. The summed E-state index contributed by atoms with van der Waals surface area (Å²) >= 11 is 0. The monoisotopic (exact) mass is 186 g/mol. The van der Waals surface area contributed by atoms with E-state index in [9.17, 15) is 10.2 Å². The van der Waals surface area contributed by atoms with Gasteiger partial charge in [0.2, 0.25) is 0 Å². The molecular weight excluding hydrogens is 168 g/mol. The molecule has 4 unspecified atom stereocenters. The first-order valence-electron chi connectivity index (χ1n) is 4.93. The molecule has 1 saturated heterocycles. The lowest BCUT2D eigenvalue weighted by Gasteiger charge is -2.36. The highest BCUT2D eigenvalue weighted by atomic mass is 16.5. The van der Waals surface area contributed by atoms with Crippen molar-refractivity contribution in [3.8, 4) is 0 Å². The largest absolute Gasteiger partial charge is 0.390 e. The molecule has 4 atom stereocenters. The molecule has 3 heteroatoms. The van der Waals surface area contributed by atoms with E-state index in [1.165, 1.54) is 0 Å². The van der Waals surface area contributed by atoms with Crippen molar-refractivity contribution < 1.29 is 14.9 Å². The molecule has 2 N–H and O–H groups in total. The lowest BCUT2D eigenvalue weighted by atomic mass is 9.73. The Balaban J connectivity index is 2.30. The van der Waals surface area contributed by atoms with Gasteiger partial charge in [-0.2, -0.15) is 0 Å². The zero-order chi connectivity index (χ0) is 9.85. The van der Waals surface area contributed by atoms with E-state index in [0.29, 0.717) is 0 Å². The molecule has 0 aromatic carbocycles. The van der Waals surface area contributed by atoms with Crippen LogP contribution in [0.5, 0.6) is 0 Å². The number of fused-ring (bicyclic) bond motifs is 2. The lowest BCUT2D eigenvalue weighted by molar-refractivity contribution is -0.139. The maximum absolute atomic E-state index is 9.98. The lowest BCUT2D eigenvalue weighted by Crippen LogP contribution is -2.49. The van der Waals surface area contributed by atoms with Crippen LogP contribution in [0.4, 0.5) is 0 Å². The van der Waals surface area contributed by atoms with Crippen molar-refractivity contribution in [1.29, 1.82) is 0 Å². The second-order valence-electron chi connectivity index (χ2n) is 5.13. The summed E-state index contributed by atoms with van der Waals surface area (Å²) in [5.74, 6) is 0.178. The summed E-state index contributed by atoms with van der Waals surface area (Å²) in [7, 11) is 0. The normalized spacial score (nSPS) is 53.8. The van der Waals surface area contributed by atoms with Gasteiger partial charge >= 0.3 is 0 Å². The van der Waals surface area contributed by atoms with Gasteiger partial charge in [-0.3, -0.25) is 0 Å². The van der Waals surface area contributed by atoms with E-state index in [-0.39, 0.29) is 11.5 Å². The third kappa shape index (κ3) is 1.22. The minimum absolute atomic E-state index is 0.178. The van der Waals surface area contributed by atoms with E-state index in [1.807, 2.05) is 13.8 Å². The van der Waals surface area contributed by atoms with Crippen molar-refractivity contribution >= 4 is 0 Å². The molecule has 1 aliphatic heterocycles. The van der Waals surface area contributed by atoms with Crippen LogP contribution >= 0.6 is 0 Å². The average Bonchev–Trinajstić information content (AvgIpc) is 2.13. The van der Waals surface area contributed by atoms with Crippen LogP contribution in [0.2, 0.25) is 0 Å². The summed E-state index contributed by atoms with van der Waals surface area (Å²) in [6, 6.07) is 0. The quantitative estimate of drug-likeness (QED) is 0.585. The Morgan fingerprint density at radius 1 is 1.31 bits per heavy atom. The zero-order valence-corrected chi connectivity index (χ0v) is 8.45. The number of hydrogen-bond donors (Lipinski definition) is 2. The number of ether oxygens (including phenoxy) is 1. The molecule has 1 saturated carbocycles. The molecule has 2 bridgehead atoms. The standard InChI is InChI=1S/C10H18O3/c1-9(2)6-4-5-10(3,12)8(13-9)7(6)11/h6-8,11-12H,4-5H2,1-3H3.